The van der Waals surface area contributed by atoms with Crippen LogP contribution in [0.4, 0.5) is 11.4 Å². The average Bonchev–Trinajstić information content (AvgIpc) is 3.03. The van der Waals surface area contributed by atoms with Crippen molar-refractivity contribution in [2.24, 2.45) is 0 Å². The quantitative estimate of drug-likeness (QED) is 0.517. The SMILES string of the molecule is COc1ccc(N2C(=O)C(Nc3ccc(C(C)(C)C)cc3)=C(c3ccc(C)cc3)C2=O)cc1. The van der Waals surface area contributed by atoms with Crippen LogP contribution in [-0.4, -0.2) is 18.9 Å². The number of methoxy groups -OCH3 is 1. The molecule has 0 spiro atoms. The molecule has 33 heavy (non-hydrogen) atoms. The number of nitrogens with one attached hydrogen (secondary N) is 1. The molecule has 0 radical (unpaired) electrons. The van der Waals surface area contributed by atoms with E-state index < -0.39 is 0 Å². The van der Waals surface area contributed by atoms with Crippen LogP contribution in [0.25, 0.3) is 5.57 Å². The van der Waals surface area contributed by atoms with E-state index >= 15 is 0 Å². The normalized spacial score (nSPS) is 14.2. The van der Waals surface area contributed by atoms with Crippen molar-refractivity contribution < 1.29 is 14.3 Å². The highest BCUT2D eigenvalue weighted by molar-refractivity contribution is 6.46. The van der Waals surface area contributed by atoms with Gasteiger partial charge in [0.15, 0.2) is 0 Å². The van der Waals surface area contributed by atoms with Crippen molar-refractivity contribution in [2.45, 2.75) is 33.1 Å². The van der Waals surface area contributed by atoms with Gasteiger partial charge < -0.3 is 10.1 Å². The molecule has 1 heterocycles. The number of aryl methyl sites for hydroxylation is 1. The fourth-order valence-corrected chi connectivity index (χ4v) is 3.80. The van der Waals surface area contributed by atoms with Gasteiger partial charge in [-0.3, -0.25) is 9.59 Å². The van der Waals surface area contributed by atoms with Crippen molar-refractivity contribution in [1.82, 2.24) is 0 Å². The van der Waals surface area contributed by atoms with Gasteiger partial charge in [0.05, 0.1) is 18.4 Å². The summed E-state index contributed by atoms with van der Waals surface area (Å²) in [6, 6.07) is 22.5. The Morgan fingerprint density at radius 1 is 0.788 bits per heavy atom. The van der Waals surface area contributed by atoms with Crippen LogP contribution in [0.15, 0.2) is 78.5 Å². The van der Waals surface area contributed by atoms with Crippen LogP contribution >= 0.6 is 0 Å². The van der Waals surface area contributed by atoms with Crippen molar-refractivity contribution in [1.29, 1.82) is 0 Å². The summed E-state index contributed by atoms with van der Waals surface area (Å²) in [6.45, 7) is 8.44. The van der Waals surface area contributed by atoms with E-state index in [4.69, 9.17) is 4.74 Å². The first-order chi connectivity index (χ1) is 15.7. The van der Waals surface area contributed by atoms with Gasteiger partial charge in [-0.25, -0.2) is 4.90 Å². The predicted molar refractivity (Wildman–Crippen MR) is 132 cm³/mol. The minimum absolute atomic E-state index is 0.0230. The van der Waals surface area contributed by atoms with Gasteiger partial charge >= 0.3 is 0 Å². The summed E-state index contributed by atoms with van der Waals surface area (Å²) in [4.78, 5) is 28.2. The van der Waals surface area contributed by atoms with Gasteiger partial charge in [-0.2, -0.15) is 0 Å². The molecular formula is C28H28N2O3. The number of amides is 2. The molecule has 0 aliphatic carbocycles. The number of carbonyl (C=O) groups is 2. The van der Waals surface area contributed by atoms with Crippen LogP contribution in [0.2, 0.25) is 0 Å². The fourth-order valence-electron chi connectivity index (χ4n) is 3.80. The smallest absolute Gasteiger partial charge is 0.282 e. The predicted octanol–water partition coefficient (Wildman–Crippen LogP) is 5.70. The molecule has 0 atom stereocenters. The Bertz CT molecular complexity index is 1220. The molecule has 3 aromatic rings. The molecule has 0 fully saturated rings. The molecular weight excluding hydrogens is 412 g/mol. The van der Waals surface area contributed by atoms with Crippen molar-refractivity contribution in [3.8, 4) is 5.75 Å². The largest absolute Gasteiger partial charge is 0.497 e. The van der Waals surface area contributed by atoms with E-state index in [1.807, 2.05) is 55.5 Å². The Hall–Kier alpha value is -3.86. The Labute approximate surface area is 194 Å². The number of ether oxygens (including phenoxy) is 1. The standard InChI is InChI=1S/C28H28N2O3/c1-18-6-8-19(9-7-18)24-25(29-21-12-10-20(11-13-21)28(2,3)4)27(32)30(26(24)31)22-14-16-23(33-5)17-15-22/h6-17,29H,1-5H3. The molecule has 0 unspecified atom stereocenters. The molecule has 5 heteroatoms. The molecule has 0 saturated carbocycles. The lowest BCUT2D eigenvalue weighted by atomic mass is 9.87. The molecule has 168 valence electrons. The number of nitrogens with zero attached hydrogens (tertiary/aromatic N) is 1. The lowest BCUT2D eigenvalue weighted by Gasteiger charge is -2.19. The van der Waals surface area contributed by atoms with E-state index in [1.54, 1.807) is 31.4 Å². The molecule has 0 aromatic heterocycles. The lowest BCUT2D eigenvalue weighted by molar-refractivity contribution is -0.120. The van der Waals surface area contributed by atoms with Gasteiger partial charge in [0.1, 0.15) is 11.4 Å². The third-order valence-corrected chi connectivity index (χ3v) is 5.78. The molecule has 0 bridgehead atoms. The summed E-state index contributed by atoms with van der Waals surface area (Å²) in [6.07, 6.45) is 0. The van der Waals surface area contributed by atoms with Gasteiger partial charge in [0, 0.05) is 5.69 Å². The molecule has 3 aromatic carbocycles. The summed E-state index contributed by atoms with van der Waals surface area (Å²) >= 11 is 0. The maximum absolute atomic E-state index is 13.5. The first-order valence-corrected chi connectivity index (χ1v) is 10.9. The summed E-state index contributed by atoms with van der Waals surface area (Å²) in [5, 5.41) is 3.23. The second kappa shape index (κ2) is 8.58. The van der Waals surface area contributed by atoms with Gasteiger partial charge in [-0.15, -0.1) is 0 Å². The summed E-state index contributed by atoms with van der Waals surface area (Å²) in [5.74, 6) is -0.0923. The third kappa shape index (κ3) is 4.40. The maximum Gasteiger partial charge on any atom is 0.282 e. The van der Waals surface area contributed by atoms with Crippen molar-refractivity contribution in [3.05, 3.63) is 95.2 Å². The maximum atomic E-state index is 13.5. The highest BCUT2D eigenvalue weighted by Gasteiger charge is 2.40. The van der Waals surface area contributed by atoms with Crippen LogP contribution < -0.4 is 15.0 Å². The summed E-state index contributed by atoms with van der Waals surface area (Å²) in [7, 11) is 1.57. The van der Waals surface area contributed by atoms with Gasteiger partial charge in [0.25, 0.3) is 11.8 Å². The fraction of sp³-hybridized carbons (Fsp3) is 0.214. The van der Waals surface area contributed by atoms with Gasteiger partial charge in [0.2, 0.25) is 0 Å². The number of hydrogen-bond acceptors (Lipinski definition) is 4. The summed E-state index contributed by atoms with van der Waals surface area (Å²) < 4.78 is 5.21. The minimum atomic E-state index is -0.388. The van der Waals surface area contributed by atoms with E-state index in [9.17, 15) is 9.59 Å². The zero-order chi connectivity index (χ0) is 23.8. The number of anilines is 2. The molecule has 1 aliphatic rings. The van der Waals surface area contributed by atoms with Crippen LogP contribution in [0, 0.1) is 6.92 Å². The number of rotatable bonds is 5. The first-order valence-electron chi connectivity index (χ1n) is 10.9. The Morgan fingerprint density at radius 2 is 1.39 bits per heavy atom. The van der Waals surface area contributed by atoms with Crippen LogP contribution in [0.3, 0.4) is 0 Å². The molecule has 5 nitrogen and oxygen atoms in total. The molecule has 1 aliphatic heterocycles. The number of hydrogen-bond donors (Lipinski definition) is 1. The molecule has 2 amide bonds. The Kier molecular flexibility index (Phi) is 5.81. The van der Waals surface area contributed by atoms with E-state index in [0.29, 0.717) is 22.6 Å². The summed E-state index contributed by atoms with van der Waals surface area (Å²) in [5.41, 5.74) is 4.86. The lowest BCUT2D eigenvalue weighted by Crippen LogP contribution is -2.32. The van der Waals surface area contributed by atoms with Gasteiger partial charge in [-0.1, -0.05) is 62.7 Å². The van der Waals surface area contributed by atoms with E-state index in [1.165, 1.54) is 10.5 Å². The van der Waals surface area contributed by atoms with Crippen molar-refractivity contribution in [2.75, 3.05) is 17.3 Å². The average molecular weight is 441 g/mol. The molecule has 1 N–H and O–H groups in total. The van der Waals surface area contributed by atoms with Crippen molar-refractivity contribution >= 4 is 28.8 Å². The van der Waals surface area contributed by atoms with Crippen LogP contribution in [0.5, 0.6) is 5.75 Å². The zero-order valence-electron chi connectivity index (χ0n) is 19.6. The minimum Gasteiger partial charge on any atom is -0.497 e. The first kappa shape index (κ1) is 22.3. The number of imide groups is 1. The van der Waals surface area contributed by atoms with E-state index in [-0.39, 0.29) is 22.9 Å². The Balaban J connectivity index is 1.75. The van der Waals surface area contributed by atoms with E-state index in [2.05, 4.69) is 26.1 Å². The molecule has 4 rings (SSSR count). The third-order valence-electron chi connectivity index (χ3n) is 5.78. The molecule has 0 saturated heterocycles. The topological polar surface area (TPSA) is 58.6 Å². The highest BCUT2D eigenvalue weighted by atomic mass is 16.5. The number of benzene rings is 3. The number of carbonyl (C=O) groups excluding carboxylic acids is 2. The highest BCUT2D eigenvalue weighted by Crippen LogP contribution is 2.35. The zero-order valence-corrected chi connectivity index (χ0v) is 19.6. The second-order valence-corrected chi connectivity index (χ2v) is 9.21. The van der Waals surface area contributed by atoms with E-state index in [0.717, 1.165) is 11.3 Å². The van der Waals surface area contributed by atoms with Crippen LogP contribution in [-0.2, 0) is 15.0 Å². The van der Waals surface area contributed by atoms with Gasteiger partial charge in [-0.05, 0) is 59.9 Å². The van der Waals surface area contributed by atoms with Crippen LogP contribution in [0.1, 0.15) is 37.5 Å². The second-order valence-electron chi connectivity index (χ2n) is 9.21. The monoisotopic (exact) mass is 440 g/mol. The Morgan fingerprint density at radius 3 is 1.94 bits per heavy atom. The van der Waals surface area contributed by atoms with Crippen molar-refractivity contribution in [3.63, 3.8) is 0 Å².